The molecule has 0 spiro atoms. The molecule has 0 fully saturated rings. The van der Waals surface area contributed by atoms with E-state index in [0.29, 0.717) is 11.3 Å². The molecule has 0 aromatic heterocycles. The molecular formula is C19H11ClF9NO. The highest BCUT2D eigenvalue weighted by Gasteiger charge is 2.73. The highest BCUT2D eigenvalue weighted by molar-refractivity contribution is 6.34. The van der Waals surface area contributed by atoms with Crippen LogP contribution < -0.4 is 9.64 Å². The van der Waals surface area contributed by atoms with Crippen molar-refractivity contribution in [3.8, 4) is 5.75 Å². The van der Waals surface area contributed by atoms with Crippen molar-refractivity contribution >= 4 is 29.1 Å². The van der Waals surface area contributed by atoms with Gasteiger partial charge in [0, 0.05) is 17.8 Å². The van der Waals surface area contributed by atoms with Crippen molar-refractivity contribution in [2.24, 2.45) is 0 Å². The first-order valence-electron chi connectivity index (χ1n) is 8.41. The molecule has 0 radical (unpaired) electrons. The van der Waals surface area contributed by atoms with Crippen molar-refractivity contribution in [3.05, 3.63) is 58.6 Å². The molecule has 0 unspecified atom stereocenters. The number of nitrogens with zero attached hydrogens (tertiary/aromatic N) is 1. The number of alkyl halides is 9. The lowest BCUT2D eigenvalue weighted by molar-refractivity contribution is -0.348. The molecule has 12 heteroatoms. The summed E-state index contributed by atoms with van der Waals surface area (Å²) in [6.45, 7) is -3.65. The van der Waals surface area contributed by atoms with E-state index in [1.165, 1.54) is 11.0 Å². The Balaban J connectivity index is 2.26. The Hall–Kier alpha value is -2.56. The van der Waals surface area contributed by atoms with Crippen LogP contribution in [-0.4, -0.2) is 25.5 Å². The Morgan fingerprint density at radius 3 is 2.13 bits per heavy atom. The third-order valence-electron chi connectivity index (χ3n) is 4.51. The lowest BCUT2D eigenvalue weighted by Crippen LogP contribution is -2.50. The number of fused-ring (bicyclic) bond motifs is 1. The number of halogens is 10. The van der Waals surface area contributed by atoms with Gasteiger partial charge in [-0.2, -0.15) is 35.1 Å². The van der Waals surface area contributed by atoms with E-state index in [2.05, 4.69) is 4.74 Å². The zero-order valence-electron chi connectivity index (χ0n) is 15.0. The topological polar surface area (TPSA) is 12.5 Å². The van der Waals surface area contributed by atoms with Crippen LogP contribution in [0.25, 0.3) is 6.08 Å². The van der Waals surface area contributed by atoms with Crippen LogP contribution in [-0.2, 0) is 5.67 Å². The van der Waals surface area contributed by atoms with Gasteiger partial charge in [-0.05, 0) is 23.8 Å². The molecule has 168 valence electrons. The monoisotopic (exact) mass is 475 g/mol. The summed E-state index contributed by atoms with van der Waals surface area (Å²) in [6.07, 6.45) is -9.66. The van der Waals surface area contributed by atoms with Gasteiger partial charge in [-0.25, -0.2) is 4.39 Å². The molecule has 31 heavy (non-hydrogen) atoms. The molecule has 3 rings (SSSR count). The third-order valence-corrected chi connectivity index (χ3v) is 4.79. The van der Waals surface area contributed by atoms with Gasteiger partial charge in [0.25, 0.3) is 0 Å². The molecule has 1 aliphatic heterocycles. The van der Waals surface area contributed by atoms with E-state index >= 15 is 0 Å². The summed E-state index contributed by atoms with van der Waals surface area (Å²) in [4.78, 5) is 1.25. The smallest absolute Gasteiger partial charge is 0.433 e. The maximum absolute atomic E-state index is 14.5. The second kappa shape index (κ2) is 7.85. The second-order valence-electron chi connectivity index (χ2n) is 6.41. The van der Waals surface area contributed by atoms with Crippen LogP contribution in [0.2, 0.25) is 5.02 Å². The minimum atomic E-state index is -6.45. The number of para-hydroxylation sites is 1. The van der Waals surface area contributed by atoms with Gasteiger partial charge in [0.05, 0.1) is 5.02 Å². The van der Waals surface area contributed by atoms with Crippen LogP contribution in [0.15, 0.2) is 42.5 Å². The number of hydrogen-bond acceptors (Lipinski definition) is 2. The maximum atomic E-state index is 14.5. The van der Waals surface area contributed by atoms with Crippen molar-refractivity contribution in [1.29, 1.82) is 0 Å². The molecule has 1 heterocycles. The van der Waals surface area contributed by atoms with E-state index in [4.69, 9.17) is 11.6 Å². The quantitative estimate of drug-likeness (QED) is 0.427. The molecule has 1 aliphatic rings. The molecular weight excluding hydrogens is 465 g/mol. The summed E-state index contributed by atoms with van der Waals surface area (Å²) in [6, 6.07) is 6.43. The number of anilines is 2. The minimum Gasteiger partial charge on any atom is -0.433 e. The van der Waals surface area contributed by atoms with Crippen LogP contribution in [0.5, 0.6) is 5.75 Å². The molecule has 0 saturated heterocycles. The number of rotatable bonds is 4. The van der Waals surface area contributed by atoms with Crippen LogP contribution in [0.3, 0.4) is 0 Å². The van der Waals surface area contributed by atoms with Gasteiger partial charge in [0.1, 0.15) is 5.69 Å². The Bertz CT molecular complexity index is 987. The third kappa shape index (κ3) is 4.02. The van der Waals surface area contributed by atoms with Gasteiger partial charge < -0.3 is 9.64 Å². The number of hydrogen-bond donors (Lipinski definition) is 0. The number of ether oxygens (including phenoxy) is 1. The first-order valence-corrected chi connectivity index (χ1v) is 8.79. The summed E-state index contributed by atoms with van der Waals surface area (Å²) < 4.78 is 123. The van der Waals surface area contributed by atoms with Gasteiger partial charge in [-0.1, -0.05) is 42.0 Å². The zero-order chi connectivity index (χ0) is 23.2. The molecule has 0 aliphatic carbocycles. The SMILES string of the molecule is FC(F)Oc1cc(C(F)(C(F)(F)F)C(F)(F)F)cc(Cl)c1N1CC=Cc2ccccc21. The first kappa shape index (κ1) is 23.1. The largest absolute Gasteiger partial charge is 0.435 e. The van der Waals surface area contributed by atoms with Crippen molar-refractivity contribution in [3.63, 3.8) is 0 Å². The van der Waals surface area contributed by atoms with Crippen LogP contribution >= 0.6 is 11.6 Å². The Morgan fingerprint density at radius 2 is 1.55 bits per heavy atom. The van der Waals surface area contributed by atoms with Gasteiger partial charge in [-0.15, -0.1) is 0 Å². The van der Waals surface area contributed by atoms with Crippen molar-refractivity contribution in [1.82, 2.24) is 0 Å². The molecule has 2 aromatic carbocycles. The summed E-state index contributed by atoms with van der Waals surface area (Å²) >= 11 is 5.93. The van der Waals surface area contributed by atoms with Gasteiger partial charge in [0.2, 0.25) is 0 Å². The highest BCUT2D eigenvalue weighted by Crippen LogP contribution is 2.55. The van der Waals surface area contributed by atoms with E-state index in [1.807, 2.05) is 0 Å². The van der Waals surface area contributed by atoms with Crippen molar-refractivity contribution in [2.75, 3.05) is 11.4 Å². The lowest BCUT2D eigenvalue weighted by atomic mass is 9.93. The first-order chi connectivity index (χ1) is 14.3. The second-order valence-corrected chi connectivity index (χ2v) is 6.82. The van der Waals surface area contributed by atoms with E-state index < -0.39 is 46.7 Å². The Morgan fingerprint density at radius 1 is 0.935 bits per heavy atom. The summed E-state index contributed by atoms with van der Waals surface area (Å²) in [5.41, 5.74) is -7.38. The van der Waals surface area contributed by atoms with Crippen LogP contribution in [0.1, 0.15) is 11.1 Å². The Labute approximate surface area is 174 Å². The lowest BCUT2D eigenvalue weighted by Gasteiger charge is -2.33. The average molecular weight is 476 g/mol. The predicted octanol–water partition coefficient (Wildman–Crippen LogP) is 7.40. The maximum Gasteiger partial charge on any atom is 0.435 e. The molecule has 2 nitrogen and oxygen atoms in total. The van der Waals surface area contributed by atoms with Crippen LogP contribution in [0, 0.1) is 0 Å². The van der Waals surface area contributed by atoms with Gasteiger partial charge in [0.15, 0.2) is 5.75 Å². The fraction of sp³-hybridized carbons (Fsp3) is 0.263. The van der Waals surface area contributed by atoms with Gasteiger partial charge in [-0.3, -0.25) is 0 Å². The summed E-state index contributed by atoms with van der Waals surface area (Å²) in [5, 5.41) is -0.839. The zero-order valence-corrected chi connectivity index (χ0v) is 15.8. The molecule has 0 bridgehead atoms. The number of benzene rings is 2. The van der Waals surface area contributed by atoms with Crippen molar-refractivity contribution < 1.29 is 44.3 Å². The van der Waals surface area contributed by atoms with Crippen LogP contribution in [0.4, 0.5) is 50.9 Å². The fourth-order valence-electron chi connectivity index (χ4n) is 3.18. The normalized spacial score (nSPS) is 14.7. The highest BCUT2D eigenvalue weighted by atomic mass is 35.5. The summed E-state index contributed by atoms with van der Waals surface area (Å²) in [7, 11) is 0. The minimum absolute atomic E-state index is 0.0189. The fourth-order valence-corrected chi connectivity index (χ4v) is 3.49. The predicted molar refractivity (Wildman–Crippen MR) is 95.5 cm³/mol. The van der Waals surface area contributed by atoms with E-state index in [1.54, 1.807) is 30.4 Å². The molecule has 0 atom stereocenters. The van der Waals surface area contributed by atoms with Crippen molar-refractivity contribution in [2.45, 2.75) is 24.6 Å². The molecule has 2 aromatic rings. The Kier molecular flexibility index (Phi) is 5.85. The standard InChI is InChI=1S/C19H11ClF9NO/c20-12-8-11(17(23,18(24,25)26)19(27,28)29)9-14(31-16(21)22)15(12)30-7-3-5-10-4-1-2-6-13(10)30/h1-6,8-9,16H,7H2. The molecule has 0 saturated carbocycles. The summed E-state index contributed by atoms with van der Waals surface area (Å²) in [5.74, 6) is -1.14. The van der Waals surface area contributed by atoms with E-state index in [0.717, 1.165) is 0 Å². The van der Waals surface area contributed by atoms with E-state index in [-0.39, 0.29) is 18.7 Å². The molecule has 0 amide bonds. The van der Waals surface area contributed by atoms with Gasteiger partial charge >= 0.3 is 24.6 Å². The van der Waals surface area contributed by atoms with E-state index in [9.17, 15) is 39.5 Å². The average Bonchev–Trinajstić information content (AvgIpc) is 2.64. The molecule has 0 N–H and O–H groups in total.